The minimum Gasteiger partial charge on any atom is -0.381 e. The minimum atomic E-state index is -0.307. The molecule has 2 saturated heterocycles. The highest BCUT2D eigenvalue weighted by atomic mass is 16.5. The standard InChI is InChI=1S/C12H22N2O3/c1-8-7-16-5-4-10(8)14-12(15)11-3-2-9(6-13)17-11/h8-11H,2-7,13H2,1H3,(H,14,15). The summed E-state index contributed by atoms with van der Waals surface area (Å²) in [5.74, 6) is 0.388. The first-order valence-corrected chi connectivity index (χ1v) is 6.44. The molecule has 17 heavy (non-hydrogen) atoms. The molecule has 0 aromatic heterocycles. The maximum Gasteiger partial charge on any atom is 0.249 e. The Hall–Kier alpha value is -0.650. The number of hydrogen-bond acceptors (Lipinski definition) is 4. The number of nitrogens with two attached hydrogens (primary N) is 1. The maximum absolute atomic E-state index is 12.0. The van der Waals surface area contributed by atoms with Gasteiger partial charge in [0.05, 0.1) is 12.7 Å². The second kappa shape index (κ2) is 5.80. The molecule has 0 aliphatic carbocycles. The average Bonchev–Trinajstić information content (AvgIpc) is 2.81. The normalized spacial score (nSPS) is 38.0. The molecular formula is C12H22N2O3. The fraction of sp³-hybridized carbons (Fsp3) is 0.917. The van der Waals surface area contributed by atoms with Crippen LogP contribution in [-0.2, 0) is 14.3 Å². The van der Waals surface area contributed by atoms with Gasteiger partial charge in [0.25, 0.3) is 0 Å². The highest BCUT2D eigenvalue weighted by molar-refractivity contribution is 5.81. The van der Waals surface area contributed by atoms with Crippen LogP contribution < -0.4 is 11.1 Å². The van der Waals surface area contributed by atoms with Crippen molar-refractivity contribution >= 4 is 5.91 Å². The molecule has 2 rings (SSSR count). The van der Waals surface area contributed by atoms with Crippen molar-refractivity contribution in [2.24, 2.45) is 11.7 Å². The van der Waals surface area contributed by atoms with Crippen molar-refractivity contribution < 1.29 is 14.3 Å². The van der Waals surface area contributed by atoms with E-state index >= 15 is 0 Å². The second-order valence-electron chi connectivity index (χ2n) is 5.02. The fourth-order valence-corrected chi connectivity index (χ4v) is 2.44. The Bertz CT molecular complexity index is 272. The third-order valence-electron chi connectivity index (χ3n) is 3.63. The van der Waals surface area contributed by atoms with Crippen molar-refractivity contribution in [2.45, 2.75) is 44.4 Å². The summed E-state index contributed by atoms with van der Waals surface area (Å²) in [6.45, 7) is 4.05. The summed E-state index contributed by atoms with van der Waals surface area (Å²) in [6.07, 6.45) is 2.31. The van der Waals surface area contributed by atoms with Gasteiger partial charge < -0.3 is 20.5 Å². The Labute approximate surface area is 102 Å². The zero-order chi connectivity index (χ0) is 12.3. The predicted octanol–water partition coefficient (Wildman–Crippen LogP) is 0.0339. The summed E-state index contributed by atoms with van der Waals surface area (Å²) >= 11 is 0. The van der Waals surface area contributed by atoms with Gasteiger partial charge >= 0.3 is 0 Å². The van der Waals surface area contributed by atoms with Crippen molar-refractivity contribution in [3.05, 3.63) is 0 Å². The lowest BCUT2D eigenvalue weighted by atomic mass is 9.97. The molecule has 5 nitrogen and oxygen atoms in total. The van der Waals surface area contributed by atoms with Gasteiger partial charge in [-0.3, -0.25) is 4.79 Å². The lowest BCUT2D eigenvalue weighted by Crippen LogP contribution is -2.48. The minimum absolute atomic E-state index is 0.0136. The molecule has 0 saturated carbocycles. The van der Waals surface area contributed by atoms with Gasteiger partial charge in [-0.05, 0) is 25.2 Å². The molecule has 3 N–H and O–H groups in total. The molecule has 2 aliphatic rings. The van der Waals surface area contributed by atoms with E-state index in [1.54, 1.807) is 0 Å². The monoisotopic (exact) mass is 242 g/mol. The van der Waals surface area contributed by atoms with E-state index in [1.807, 2.05) is 0 Å². The number of amides is 1. The molecule has 2 heterocycles. The van der Waals surface area contributed by atoms with E-state index in [0.717, 1.165) is 32.5 Å². The summed E-state index contributed by atoms with van der Waals surface area (Å²) in [6, 6.07) is 0.219. The molecule has 2 aliphatic heterocycles. The van der Waals surface area contributed by atoms with Gasteiger partial charge in [0.1, 0.15) is 6.10 Å². The van der Waals surface area contributed by atoms with Crippen LogP contribution in [0.15, 0.2) is 0 Å². The van der Waals surface area contributed by atoms with Crippen molar-refractivity contribution in [1.29, 1.82) is 0 Å². The van der Waals surface area contributed by atoms with Crippen LogP contribution in [0.1, 0.15) is 26.2 Å². The predicted molar refractivity (Wildman–Crippen MR) is 63.5 cm³/mol. The third kappa shape index (κ3) is 3.18. The molecule has 0 spiro atoms. The van der Waals surface area contributed by atoms with Crippen LogP contribution in [0.5, 0.6) is 0 Å². The van der Waals surface area contributed by atoms with Crippen molar-refractivity contribution in [3.63, 3.8) is 0 Å². The number of hydrogen-bond donors (Lipinski definition) is 2. The van der Waals surface area contributed by atoms with Gasteiger partial charge in [-0.2, -0.15) is 0 Å². The summed E-state index contributed by atoms with van der Waals surface area (Å²) in [5, 5.41) is 3.07. The van der Waals surface area contributed by atoms with Gasteiger partial charge in [-0.1, -0.05) is 6.92 Å². The SMILES string of the molecule is CC1COCCC1NC(=O)C1CCC(CN)O1. The van der Waals surface area contributed by atoms with Crippen LogP contribution in [0, 0.1) is 5.92 Å². The Morgan fingerprint density at radius 3 is 2.88 bits per heavy atom. The van der Waals surface area contributed by atoms with Crippen molar-refractivity contribution in [1.82, 2.24) is 5.32 Å². The third-order valence-corrected chi connectivity index (χ3v) is 3.63. The van der Waals surface area contributed by atoms with E-state index in [2.05, 4.69) is 12.2 Å². The zero-order valence-corrected chi connectivity index (χ0v) is 10.4. The van der Waals surface area contributed by atoms with Crippen molar-refractivity contribution in [2.75, 3.05) is 19.8 Å². The molecule has 5 heteroatoms. The van der Waals surface area contributed by atoms with Crippen LogP contribution in [0.4, 0.5) is 0 Å². The lowest BCUT2D eigenvalue weighted by Gasteiger charge is -2.30. The molecule has 0 aromatic carbocycles. The molecular weight excluding hydrogens is 220 g/mol. The highest BCUT2D eigenvalue weighted by Gasteiger charge is 2.32. The smallest absolute Gasteiger partial charge is 0.249 e. The van der Waals surface area contributed by atoms with E-state index in [1.165, 1.54) is 0 Å². The van der Waals surface area contributed by atoms with Crippen LogP contribution in [0.25, 0.3) is 0 Å². The maximum atomic E-state index is 12.0. The van der Waals surface area contributed by atoms with E-state index in [4.69, 9.17) is 15.2 Å². The zero-order valence-electron chi connectivity index (χ0n) is 10.4. The Balaban J connectivity index is 1.80. The average molecular weight is 242 g/mol. The van der Waals surface area contributed by atoms with Crippen LogP contribution in [-0.4, -0.2) is 43.9 Å². The first-order valence-electron chi connectivity index (χ1n) is 6.44. The number of nitrogens with one attached hydrogen (secondary N) is 1. The van der Waals surface area contributed by atoms with Gasteiger partial charge in [-0.25, -0.2) is 0 Å². The van der Waals surface area contributed by atoms with E-state index in [9.17, 15) is 4.79 Å². The van der Waals surface area contributed by atoms with Gasteiger partial charge in [0.15, 0.2) is 0 Å². The second-order valence-corrected chi connectivity index (χ2v) is 5.02. The number of carbonyl (C=O) groups excluding carboxylic acids is 1. The summed E-state index contributed by atoms with van der Waals surface area (Å²) in [4.78, 5) is 12.0. The number of carbonyl (C=O) groups is 1. The Morgan fingerprint density at radius 1 is 1.41 bits per heavy atom. The van der Waals surface area contributed by atoms with Crippen LogP contribution >= 0.6 is 0 Å². The molecule has 4 atom stereocenters. The fourth-order valence-electron chi connectivity index (χ4n) is 2.44. The van der Waals surface area contributed by atoms with E-state index in [0.29, 0.717) is 12.5 Å². The summed E-state index contributed by atoms with van der Waals surface area (Å²) in [5.41, 5.74) is 5.53. The number of rotatable bonds is 3. The quantitative estimate of drug-likeness (QED) is 0.732. The Kier molecular flexibility index (Phi) is 4.36. The first-order chi connectivity index (χ1) is 8.20. The van der Waals surface area contributed by atoms with Gasteiger partial charge in [-0.15, -0.1) is 0 Å². The van der Waals surface area contributed by atoms with Crippen LogP contribution in [0.2, 0.25) is 0 Å². The van der Waals surface area contributed by atoms with E-state index in [-0.39, 0.29) is 24.2 Å². The first kappa shape index (κ1) is 12.8. The topological polar surface area (TPSA) is 73.6 Å². The molecule has 2 fully saturated rings. The Morgan fingerprint density at radius 2 is 2.24 bits per heavy atom. The molecule has 0 radical (unpaired) electrons. The molecule has 0 bridgehead atoms. The van der Waals surface area contributed by atoms with Gasteiger partial charge in [0, 0.05) is 19.2 Å². The highest BCUT2D eigenvalue weighted by Crippen LogP contribution is 2.20. The molecule has 0 aromatic rings. The van der Waals surface area contributed by atoms with E-state index < -0.39 is 0 Å². The molecule has 4 unspecified atom stereocenters. The largest absolute Gasteiger partial charge is 0.381 e. The lowest BCUT2D eigenvalue weighted by molar-refractivity contribution is -0.133. The summed E-state index contributed by atoms with van der Waals surface area (Å²) in [7, 11) is 0. The van der Waals surface area contributed by atoms with Gasteiger partial charge in [0.2, 0.25) is 5.91 Å². The number of ether oxygens (including phenoxy) is 2. The van der Waals surface area contributed by atoms with Crippen LogP contribution in [0.3, 0.4) is 0 Å². The van der Waals surface area contributed by atoms with Crippen molar-refractivity contribution in [3.8, 4) is 0 Å². The summed E-state index contributed by atoms with van der Waals surface area (Å²) < 4.78 is 10.9. The molecule has 1 amide bonds. The molecule has 98 valence electrons.